The number of rotatable bonds is 4. The van der Waals surface area contributed by atoms with Crippen molar-refractivity contribution < 1.29 is 14.1 Å². The number of aromatic nitrogens is 3. The average Bonchev–Trinajstić information content (AvgIpc) is 3.15. The number of ether oxygens (including phenoxy) is 1. The monoisotopic (exact) mass is 378 g/mol. The summed E-state index contributed by atoms with van der Waals surface area (Å²) in [6.45, 7) is 2.52. The largest absolute Gasteiger partial charge is 0.376 e. The van der Waals surface area contributed by atoms with Gasteiger partial charge < -0.3 is 19.6 Å². The van der Waals surface area contributed by atoms with Crippen molar-refractivity contribution in [2.75, 3.05) is 11.9 Å². The molecule has 0 radical (unpaired) electrons. The van der Waals surface area contributed by atoms with Gasteiger partial charge in [0.25, 0.3) is 11.4 Å². The third kappa shape index (κ3) is 3.91. The SMILES string of the molecule is CC(=O)Nc1ccc(/C=C/c2nc(-c3cc4c([nH]c3=O)CCOC4)no2)cc1. The molecule has 28 heavy (non-hydrogen) atoms. The predicted molar refractivity (Wildman–Crippen MR) is 103 cm³/mol. The number of carbonyl (C=O) groups is 1. The minimum Gasteiger partial charge on any atom is -0.376 e. The van der Waals surface area contributed by atoms with Gasteiger partial charge in [-0.2, -0.15) is 4.98 Å². The Kier molecular flexibility index (Phi) is 4.86. The number of pyridine rings is 1. The van der Waals surface area contributed by atoms with Gasteiger partial charge in [0.05, 0.1) is 18.8 Å². The molecule has 0 fully saturated rings. The normalized spacial score (nSPS) is 13.5. The van der Waals surface area contributed by atoms with Crippen LogP contribution < -0.4 is 10.9 Å². The van der Waals surface area contributed by atoms with E-state index in [1.54, 1.807) is 30.4 Å². The Morgan fingerprint density at radius 1 is 1.25 bits per heavy atom. The number of fused-ring (bicyclic) bond motifs is 1. The molecule has 0 saturated heterocycles. The molecule has 1 aliphatic rings. The Morgan fingerprint density at radius 3 is 2.86 bits per heavy atom. The highest BCUT2D eigenvalue weighted by Crippen LogP contribution is 2.19. The molecule has 3 heterocycles. The number of hydrogen-bond acceptors (Lipinski definition) is 6. The number of nitrogens with one attached hydrogen (secondary N) is 2. The Balaban J connectivity index is 1.52. The summed E-state index contributed by atoms with van der Waals surface area (Å²) in [7, 11) is 0. The van der Waals surface area contributed by atoms with Crippen molar-refractivity contribution in [1.82, 2.24) is 15.1 Å². The van der Waals surface area contributed by atoms with Crippen LogP contribution >= 0.6 is 0 Å². The molecule has 2 aromatic heterocycles. The molecule has 1 aliphatic heterocycles. The maximum Gasteiger partial charge on any atom is 0.259 e. The van der Waals surface area contributed by atoms with E-state index in [1.165, 1.54) is 6.92 Å². The molecule has 8 nitrogen and oxygen atoms in total. The van der Waals surface area contributed by atoms with Crippen molar-refractivity contribution in [1.29, 1.82) is 0 Å². The van der Waals surface area contributed by atoms with Crippen molar-refractivity contribution in [3.8, 4) is 11.4 Å². The molecule has 4 rings (SSSR count). The Morgan fingerprint density at radius 2 is 2.07 bits per heavy atom. The second-order valence-corrected chi connectivity index (χ2v) is 6.41. The fourth-order valence-corrected chi connectivity index (χ4v) is 2.95. The average molecular weight is 378 g/mol. The molecule has 0 spiro atoms. The van der Waals surface area contributed by atoms with Gasteiger partial charge in [0.1, 0.15) is 0 Å². The molecule has 8 heteroatoms. The topological polar surface area (TPSA) is 110 Å². The molecule has 142 valence electrons. The van der Waals surface area contributed by atoms with Gasteiger partial charge in [0, 0.05) is 30.8 Å². The van der Waals surface area contributed by atoms with Gasteiger partial charge in [0.2, 0.25) is 11.7 Å². The summed E-state index contributed by atoms with van der Waals surface area (Å²) in [4.78, 5) is 30.5. The van der Waals surface area contributed by atoms with Crippen LogP contribution in [0, 0.1) is 0 Å². The van der Waals surface area contributed by atoms with Crippen molar-refractivity contribution in [2.45, 2.75) is 20.0 Å². The van der Waals surface area contributed by atoms with Crippen LogP contribution in [0.4, 0.5) is 5.69 Å². The van der Waals surface area contributed by atoms with Crippen LogP contribution in [0.15, 0.2) is 39.6 Å². The Labute approximate surface area is 160 Å². The number of H-pyrrole nitrogens is 1. The minimum absolute atomic E-state index is 0.120. The summed E-state index contributed by atoms with van der Waals surface area (Å²) in [5.74, 6) is 0.398. The quantitative estimate of drug-likeness (QED) is 0.722. The lowest BCUT2D eigenvalue weighted by Crippen LogP contribution is -2.19. The minimum atomic E-state index is -0.245. The van der Waals surface area contributed by atoms with E-state index in [-0.39, 0.29) is 23.2 Å². The zero-order valence-corrected chi connectivity index (χ0v) is 15.2. The van der Waals surface area contributed by atoms with E-state index < -0.39 is 0 Å². The highest BCUT2D eigenvalue weighted by atomic mass is 16.5. The molecule has 0 saturated carbocycles. The lowest BCUT2D eigenvalue weighted by Gasteiger charge is -2.15. The van der Waals surface area contributed by atoms with Gasteiger partial charge in [-0.25, -0.2) is 0 Å². The third-order valence-electron chi connectivity index (χ3n) is 4.30. The van der Waals surface area contributed by atoms with Crippen molar-refractivity contribution in [3.05, 3.63) is 63.4 Å². The first-order valence-corrected chi connectivity index (χ1v) is 8.81. The highest BCUT2D eigenvalue weighted by Gasteiger charge is 2.17. The van der Waals surface area contributed by atoms with Gasteiger partial charge in [-0.05, 0) is 35.4 Å². The maximum atomic E-state index is 12.3. The van der Waals surface area contributed by atoms with Gasteiger partial charge >= 0.3 is 0 Å². The van der Waals surface area contributed by atoms with Crippen LogP contribution in [-0.4, -0.2) is 27.6 Å². The van der Waals surface area contributed by atoms with Gasteiger partial charge in [0.15, 0.2) is 0 Å². The van der Waals surface area contributed by atoms with Crippen molar-refractivity contribution in [3.63, 3.8) is 0 Å². The van der Waals surface area contributed by atoms with E-state index in [9.17, 15) is 9.59 Å². The maximum absolute atomic E-state index is 12.3. The third-order valence-corrected chi connectivity index (χ3v) is 4.30. The van der Waals surface area contributed by atoms with Gasteiger partial charge in [-0.15, -0.1) is 0 Å². The molecule has 0 bridgehead atoms. The van der Waals surface area contributed by atoms with Gasteiger partial charge in [-0.1, -0.05) is 17.3 Å². The van der Waals surface area contributed by atoms with Gasteiger partial charge in [-0.3, -0.25) is 9.59 Å². The summed E-state index contributed by atoms with van der Waals surface area (Å²) in [6.07, 6.45) is 4.16. The smallest absolute Gasteiger partial charge is 0.259 e. The lowest BCUT2D eigenvalue weighted by molar-refractivity contribution is -0.114. The first-order valence-electron chi connectivity index (χ1n) is 8.81. The second-order valence-electron chi connectivity index (χ2n) is 6.41. The standard InChI is InChI=1S/C20H18N4O4/c1-12(25)21-15-5-2-13(3-6-15)4-7-18-23-19(24-28-18)16-10-14-11-27-9-8-17(14)22-20(16)26/h2-7,10H,8-9,11H2,1H3,(H,21,25)(H,22,26)/b7-4+. The predicted octanol–water partition coefficient (Wildman–Crippen LogP) is 2.63. The highest BCUT2D eigenvalue weighted by molar-refractivity contribution is 5.88. The van der Waals surface area contributed by atoms with E-state index in [0.29, 0.717) is 25.2 Å². The molecule has 1 aromatic carbocycles. The van der Waals surface area contributed by atoms with E-state index in [1.807, 2.05) is 12.1 Å². The van der Waals surface area contributed by atoms with Crippen LogP contribution in [0.3, 0.4) is 0 Å². The number of benzene rings is 1. The molecular weight excluding hydrogens is 360 g/mol. The number of carbonyl (C=O) groups excluding carboxylic acids is 1. The summed E-state index contributed by atoms with van der Waals surface area (Å²) in [5, 5.41) is 6.62. The van der Waals surface area contributed by atoms with Crippen molar-refractivity contribution in [2.24, 2.45) is 0 Å². The number of nitrogens with zero attached hydrogens (tertiary/aromatic N) is 2. The van der Waals surface area contributed by atoms with E-state index in [0.717, 1.165) is 22.5 Å². The summed E-state index contributed by atoms with van der Waals surface area (Å²) in [6, 6.07) is 9.07. The van der Waals surface area contributed by atoms with Crippen LogP contribution in [0.2, 0.25) is 0 Å². The zero-order chi connectivity index (χ0) is 19.5. The van der Waals surface area contributed by atoms with Crippen molar-refractivity contribution >= 4 is 23.7 Å². The van der Waals surface area contributed by atoms with E-state index in [4.69, 9.17) is 9.26 Å². The molecule has 0 atom stereocenters. The Bertz CT molecular complexity index is 1100. The fraction of sp³-hybridized carbons (Fsp3) is 0.200. The van der Waals surface area contributed by atoms with Crippen LogP contribution in [0.25, 0.3) is 23.5 Å². The number of hydrogen-bond donors (Lipinski definition) is 2. The van der Waals surface area contributed by atoms with Crippen LogP contribution in [0.1, 0.15) is 29.6 Å². The number of anilines is 1. The number of amides is 1. The number of aromatic amines is 1. The second kappa shape index (κ2) is 7.61. The Hall–Kier alpha value is -3.52. The summed E-state index contributed by atoms with van der Waals surface area (Å²) in [5.41, 5.74) is 3.56. The molecular formula is C20H18N4O4. The molecule has 0 unspecified atom stereocenters. The summed E-state index contributed by atoms with van der Waals surface area (Å²) >= 11 is 0. The lowest BCUT2D eigenvalue weighted by atomic mass is 10.1. The first-order chi connectivity index (χ1) is 13.6. The zero-order valence-electron chi connectivity index (χ0n) is 15.2. The first kappa shape index (κ1) is 17.9. The molecule has 0 aliphatic carbocycles. The van der Waals surface area contributed by atoms with E-state index >= 15 is 0 Å². The van der Waals surface area contributed by atoms with Crippen LogP contribution in [-0.2, 0) is 22.6 Å². The molecule has 2 N–H and O–H groups in total. The van der Waals surface area contributed by atoms with E-state index in [2.05, 4.69) is 20.4 Å². The molecule has 3 aromatic rings. The summed E-state index contributed by atoms with van der Waals surface area (Å²) < 4.78 is 10.7. The molecule has 1 amide bonds. The fourth-order valence-electron chi connectivity index (χ4n) is 2.95. The van der Waals surface area contributed by atoms with Crippen LogP contribution in [0.5, 0.6) is 0 Å².